The third-order valence-corrected chi connectivity index (χ3v) is 3.16. The molecular formula is C16H14O. The van der Waals surface area contributed by atoms with E-state index < -0.39 is 0 Å². The highest BCUT2D eigenvalue weighted by Crippen LogP contribution is 2.40. The van der Waals surface area contributed by atoms with Gasteiger partial charge in [0.25, 0.3) is 0 Å². The molecule has 1 aliphatic rings. The summed E-state index contributed by atoms with van der Waals surface area (Å²) in [4.78, 5) is 0. The molecule has 0 saturated carbocycles. The first-order valence-electron chi connectivity index (χ1n) is 5.84. The highest BCUT2D eigenvalue weighted by Gasteiger charge is 2.20. The Morgan fingerprint density at radius 2 is 1.88 bits per heavy atom. The van der Waals surface area contributed by atoms with E-state index in [1.165, 1.54) is 22.3 Å². The van der Waals surface area contributed by atoms with Crippen molar-refractivity contribution in [3.05, 3.63) is 66.2 Å². The van der Waals surface area contributed by atoms with Crippen LogP contribution in [0.1, 0.15) is 11.1 Å². The zero-order valence-corrected chi connectivity index (χ0v) is 9.65. The topological polar surface area (TPSA) is 9.23 Å². The van der Waals surface area contributed by atoms with E-state index in [1.807, 2.05) is 6.07 Å². The van der Waals surface area contributed by atoms with Gasteiger partial charge in [0, 0.05) is 12.0 Å². The Balaban J connectivity index is 2.07. The molecule has 0 heterocycles. The van der Waals surface area contributed by atoms with Crippen molar-refractivity contribution in [1.29, 1.82) is 0 Å². The summed E-state index contributed by atoms with van der Waals surface area (Å²) in [5.74, 6) is 0.985. The molecule has 1 heteroatoms. The molecule has 17 heavy (non-hydrogen) atoms. The molecule has 2 aromatic carbocycles. The van der Waals surface area contributed by atoms with E-state index in [0.717, 1.165) is 12.2 Å². The summed E-state index contributed by atoms with van der Waals surface area (Å²) in [6.45, 7) is 4.25. The largest absolute Gasteiger partial charge is 0.489 e. The van der Waals surface area contributed by atoms with Crippen LogP contribution in [0.25, 0.3) is 11.1 Å². The SMILES string of the molecule is C=CCOc1cccc2c1Cc1ccccc1-2. The van der Waals surface area contributed by atoms with Crippen LogP contribution >= 0.6 is 0 Å². The molecule has 0 aromatic heterocycles. The second-order valence-electron chi connectivity index (χ2n) is 4.22. The molecule has 2 aromatic rings. The van der Waals surface area contributed by atoms with Gasteiger partial charge in [0.05, 0.1) is 0 Å². The first-order valence-corrected chi connectivity index (χ1v) is 5.84. The van der Waals surface area contributed by atoms with Gasteiger partial charge in [0.2, 0.25) is 0 Å². The monoisotopic (exact) mass is 222 g/mol. The Hall–Kier alpha value is -2.02. The lowest BCUT2D eigenvalue weighted by atomic mass is 10.1. The van der Waals surface area contributed by atoms with Crippen molar-refractivity contribution in [2.45, 2.75) is 6.42 Å². The smallest absolute Gasteiger partial charge is 0.123 e. The van der Waals surface area contributed by atoms with Crippen LogP contribution in [0, 0.1) is 0 Å². The zero-order valence-electron chi connectivity index (χ0n) is 9.65. The molecule has 0 bridgehead atoms. The molecule has 1 nitrogen and oxygen atoms in total. The van der Waals surface area contributed by atoms with Crippen LogP contribution in [0.3, 0.4) is 0 Å². The van der Waals surface area contributed by atoms with Crippen LogP contribution in [0.15, 0.2) is 55.1 Å². The van der Waals surface area contributed by atoms with E-state index in [-0.39, 0.29) is 0 Å². The maximum atomic E-state index is 5.71. The first kappa shape index (κ1) is 10.2. The van der Waals surface area contributed by atoms with Crippen LogP contribution < -0.4 is 4.74 Å². The summed E-state index contributed by atoms with van der Waals surface area (Å²) in [5, 5.41) is 0. The lowest BCUT2D eigenvalue weighted by Crippen LogP contribution is -1.96. The summed E-state index contributed by atoms with van der Waals surface area (Å²) in [5.41, 5.74) is 5.33. The molecule has 0 unspecified atom stereocenters. The van der Waals surface area contributed by atoms with Crippen LogP contribution in [0.2, 0.25) is 0 Å². The van der Waals surface area contributed by atoms with E-state index in [0.29, 0.717) is 6.61 Å². The summed E-state index contributed by atoms with van der Waals surface area (Å²) >= 11 is 0. The van der Waals surface area contributed by atoms with Gasteiger partial charge in [-0.3, -0.25) is 0 Å². The van der Waals surface area contributed by atoms with E-state index in [1.54, 1.807) is 6.08 Å². The lowest BCUT2D eigenvalue weighted by molar-refractivity contribution is 0.360. The number of benzene rings is 2. The van der Waals surface area contributed by atoms with Gasteiger partial charge >= 0.3 is 0 Å². The fourth-order valence-corrected chi connectivity index (χ4v) is 2.41. The molecule has 0 saturated heterocycles. The van der Waals surface area contributed by atoms with Gasteiger partial charge in [0.1, 0.15) is 12.4 Å². The van der Waals surface area contributed by atoms with Crippen molar-refractivity contribution in [2.24, 2.45) is 0 Å². The molecular weight excluding hydrogens is 208 g/mol. The summed E-state index contributed by atoms with van der Waals surface area (Å²) in [7, 11) is 0. The van der Waals surface area contributed by atoms with E-state index in [2.05, 4.69) is 43.0 Å². The van der Waals surface area contributed by atoms with E-state index >= 15 is 0 Å². The summed E-state index contributed by atoms with van der Waals surface area (Å²) in [6.07, 6.45) is 2.75. The third kappa shape index (κ3) is 1.64. The van der Waals surface area contributed by atoms with Crippen LogP contribution in [-0.2, 0) is 6.42 Å². The number of hydrogen-bond donors (Lipinski definition) is 0. The second-order valence-corrected chi connectivity index (χ2v) is 4.22. The van der Waals surface area contributed by atoms with Gasteiger partial charge in [-0.1, -0.05) is 49.1 Å². The fraction of sp³-hybridized carbons (Fsp3) is 0.125. The lowest BCUT2D eigenvalue weighted by Gasteiger charge is -2.08. The number of rotatable bonds is 3. The molecule has 0 amide bonds. The minimum Gasteiger partial charge on any atom is -0.489 e. The maximum absolute atomic E-state index is 5.71. The maximum Gasteiger partial charge on any atom is 0.123 e. The number of ether oxygens (including phenoxy) is 1. The average Bonchev–Trinajstić information content (AvgIpc) is 2.75. The predicted molar refractivity (Wildman–Crippen MR) is 70.4 cm³/mol. The Kier molecular flexibility index (Phi) is 2.45. The average molecular weight is 222 g/mol. The van der Waals surface area contributed by atoms with Gasteiger partial charge in [-0.2, -0.15) is 0 Å². The fourth-order valence-electron chi connectivity index (χ4n) is 2.41. The quantitative estimate of drug-likeness (QED) is 0.612. The number of fused-ring (bicyclic) bond motifs is 3. The Morgan fingerprint density at radius 1 is 1.06 bits per heavy atom. The van der Waals surface area contributed by atoms with E-state index in [4.69, 9.17) is 4.74 Å². The van der Waals surface area contributed by atoms with Crippen molar-refractivity contribution in [2.75, 3.05) is 6.61 Å². The van der Waals surface area contributed by atoms with E-state index in [9.17, 15) is 0 Å². The number of hydrogen-bond acceptors (Lipinski definition) is 1. The van der Waals surface area contributed by atoms with Gasteiger partial charge in [0.15, 0.2) is 0 Å². The van der Waals surface area contributed by atoms with Gasteiger partial charge in [-0.15, -0.1) is 0 Å². The minimum atomic E-state index is 0.562. The Morgan fingerprint density at radius 3 is 2.76 bits per heavy atom. The normalized spacial score (nSPS) is 11.8. The molecule has 1 aliphatic carbocycles. The highest BCUT2D eigenvalue weighted by molar-refractivity contribution is 5.78. The Bertz CT molecular complexity index is 569. The van der Waals surface area contributed by atoms with Crippen molar-refractivity contribution in [1.82, 2.24) is 0 Å². The molecule has 0 fully saturated rings. The Labute approximate surface area is 101 Å². The van der Waals surface area contributed by atoms with Crippen LogP contribution in [-0.4, -0.2) is 6.61 Å². The van der Waals surface area contributed by atoms with Crippen LogP contribution in [0.5, 0.6) is 5.75 Å². The molecule has 84 valence electrons. The van der Waals surface area contributed by atoms with Crippen molar-refractivity contribution in [3.8, 4) is 16.9 Å². The van der Waals surface area contributed by atoms with Crippen molar-refractivity contribution in [3.63, 3.8) is 0 Å². The molecule has 0 atom stereocenters. The molecule has 0 spiro atoms. The minimum absolute atomic E-state index is 0.562. The molecule has 0 radical (unpaired) electrons. The summed E-state index contributed by atoms with van der Waals surface area (Å²) in [6, 6.07) is 14.8. The highest BCUT2D eigenvalue weighted by atomic mass is 16.5. The van der Waals surface area contributed by atoms with Gasteiger partial charge in [-0.05, 0) is 22.8 Å². The van der Waals surface area contributed by atoms with Gasteiger partial charge in [-0.25, -0.2) is 0 Å². The first-order chi connectivity index (χ1) is 8.40. The zero-order chi connectivity index (χ0) is 11.7. The second kappa shape index (κ2) is 4.10. The summed E-state index contributed by atoms with van der Waals surface area (Å²) < 4.78 is 5.71. The van der Waals surface area contributed by atoms with Gasteiger partial charge < -0.3 is 4.74 Å². The standard InChI is InChI=1S/C16H14O/c1-2-10-17-16-9-5-8-14-13-7-4-3-6-12(13)11-15(14)16/h2-9H,1,10-11H2. The van der Waals surface area contributed by atoms with Crippen molar-refractivity contribution < 1.29 is 4.74 Å². The third-order valence-electron chi connectivity index (χ3n) is 3.16. The van der Waals surface area contributed by atoms with Crippen LogP contribution in [0.4, 0.5) is 0 Å². The predicted octanol–water partition coefficient (Wildman–Crippen LogP) is 3.82. The molecule has 3 rings (SSSR count). The molecule has 0 aliphatic heterocycles. The van der Waals surface area contributed by atoms with Crippen molar-refractivity contribution >= 4 is 0 Å². The molecule has 0 N–H and O–H groups in total.